The van der Waals surface area contributed by atoms with Crippen LogP contribution in [0.1, 0.15) is 12.0 Å². The van der Waals surface area contributed by atoms with Gasteiger partial charge in [0.15, 0.2) is 0 Å². The van der Waals surface area contributed by atoms with Gasteiger partial charge in [0.25, 0.3) is 0 Å². The highest BCUT2D eigenvalue weighted by Gasteiger charge is 1.95. The van der Waals surface area contributed by atoms with Crippen LogP contribution < -0.4 is 5.32 Å². The first-order chi connectivity index (χ1) is 7.83. The average molecular weight is 228 g/mol. The zero-order valence-electron chi connectivity index (χ0n) is 9.16. The van der Waals surface area contributed by atoms with Crippen molar-refractivity contribution in [3.8, 4) is 0 Å². The van der Waals surface area contributed by atoms with Crippen LogP contribution in [-0.4, -0.2) is 36.5 Å². The molecule has 0 fully saturated rings. The molecule has 0 saturated heterocycles. The number of nitrogens with one attached hydrogen (secondary N) is 1. The van der Waals surface area contributed by atoms with Crippen molar-refractivity contribution in [1.82, 2.24) is 10.3 Å². The summed E-state index contributed by atoms with van der Waals surface area (Å²) in [6.45, 7) is 2.46. The molecule has 16 heavy (non-hydrogen) atoms. The van der Waals surface area contributed by atoms with Gasteiger partial charge in [0.2, 0.25) is 0 Å². The van der Waals surface area contributed by atoms with Gasteiger partial charge < -0.3 is 15.2 Å². The maximum atomic E-state index is 12.7. The highest BCUT2D eigenvalue weighted by atomic mass is 19.1. The van der Waals surface area contributed by atoms with Gasteiger partial charge in [-0.1, -0.05) is 0 Å². The Morgan fingerprint density at radius 2 is 2.25 bits per heavy atom. The zero-order valence-corrected chi connectivity index (χ0v) is 9.16. The maximum Gasteiger partial charge on any atom is 0.141 e. The summed E-state index contributed by atoms with van der Waals surface area (Å²) in [6.07, 6.45) is 3.69. The molecule has 0 aliphatic carbocycles. The van der Waals surface area contributed by atoms with Crippen molar-refractivity contribution in [1.29, 1.82) is 0 Å². The minimum atomic E-state index is -0.314. The van der Waals surface area contributed by atoms with Crippen molar-refractivity contribution >= 4 is 0 Å². The fourth-order valence-corrected chi connectivity index (χ4v) is 1.25. The topological polar surface area (TPSA) is 54.4 Å². The molecule has 0 aromatic carbocycles. The van der Waals surface area contributed by atoms with Crippen LogP contribution in [0.3, 0.4) is 0 Å². The fourth-order valence-electron chi connectivity index (χ4n) is 1.25. The molecule has 0 radical (unpaired) electrons. The standard InChI is InChI=1S/C11H17FN2O2/c12-11-6-10(8-14-9-11)7-13-2-1-4-16-5-3-15/h6,8-9,13,15H,1-5,7H2. The second-order valence-electron chi connectivity index (χ2n) is 3.38. The Kier molecular flexibility index (Phi) is 6.64. The molecule has 0 atom stereocenters. The Balaban J connectivity index is 2.03. The van der Waals surface area contributed by atoms with Gasteiger partial charge in [-0.05, 0) is 24.6 Å². The van der Waals surface area contributed by atoms with Gasteiger partial charge in [-0.25, -0.2) is 4.39 Å². The summed E-state index contributed by atoms with van der Waals surface area (Å²) in [5, 5.41) is 11.6. The first-order valence-electron chi connectivity index (χ1n) is 5.31. The average Bonchev–Trinajstić information content (AvgIpc) is 2.28. The predicted molar refractivity (Wildman–Crippen MR) is 58.4 cm³/mol. The van der Waals surface area contributed by atoms with Crippen LogP contribution in [0.25, 0.3) is 0 Å². The summed E-state index contributed by atoms with van der Waals surface area (Å²) in [7, 11) is 0. The normalized spacial score (nSPS) is 10.6. The van der Waals surface area contributed by atoms with Crippen LogP contribution in [0, 0.1) is 5.82 Å². The molecular formula is C11H17FN2O2. The number of hydrogen-bond acceptors (Lipinski definition) is 4. The van der Waals surface area contributed by atoms with E-state index in [1.165, 1.54) is 12.3 Å². The molecule has 1 heterocycles. The Labute approximate surface area is 94.5 Å². The summed E-state index contributed by atoms with van der Waals surface area (Å²) in [4.78, 5) is 3.76. The van der Waals surface area contributed by atoms with Gasteiger partial charge in [-0.2, -0.15) is 0 Å². The van der Waals surface area contributed by atoms with Crippen molar-refractivity contribution in [2.75, 3.05) is 26.4 Å². The van der Waals surface area contributed by atoms with Gasteiger partial charge in [0.05, 0.1) is 19.4 Å². The van der Waals surface area contributed by atoms with Gasteiger partial charge in [-0.15, -0.1) is 0 Å². The molecule has 0 spiro atoms. The Hall–Kier alpha value is -1.04. The third-order valence-corrected chi connectivity index (χ3v) is 1.97. The lowest BCUT2D eigenvalue weighted by Gasteiger charge is -2.05. The minimum absolute atomic E-state index is 0.0579. The van der Waals surface area contributed by atoms with E-state index in [4.69, 9.17) is 9.84 Å². The van der Waals surface area contributed by atoms with Crippen LogP contribution in [0.5, 0.6) is 0 Å². The summed E-state index contributed by atoms with van der Waals surface area (Å²) in [5.74, 6) is -0.314. The number of ether oxygens (including phenoxy) is 1. The third kappa shape index (κ3) is 5.75. The van der Waals surface area contributed by atoms with Crippen LogP contribution in [0.2, 0.25) is 0 Å². The summed E-state index contributed by atoms with van der Waals surface area (Å²) < 4.78 is 17.8. The molecule has 90 valence electrons. The van der Waals surface area contributed by atoms with Crippen molar-refractivity contribution in [2.45, 2.75) is 13.0 Å². The van der Waals surface area contributed by atoms with Crippen LogP contribution in [0.15, 0.2) is 18.5 Å². The second kappa shape index (κ2) is 8.15. The predicted octanol–water partition coefficient (Wildman–Crippen LogP) is 0.709. The van der Waals surface area contributed by atoms with Gasteiger partial charge in [-0.3, -0.25) is 4.98 Å². The number of aromatic nitrogens is 1. The lowest BCUT2D eigenvalue weighted by Crippen LogP contribution is -2.17. The Morgan fingerprint density at radius 1 is 1.38 bits per heavy atom. The van der Waals surface area contributed by atoms with E-state index >= 15 is 0 Å². The second-order valence-corrected chi connectivity index (χ2v) is 3.38. The summed E-state index contributed by atoms with van der Waals surface area (Å²) >= 11 is 0. The van der Waals surface area contributed by atoms with Crippen molar-refractivity contribution in [2.24, 2.45) is 0 Å². The molecule has 0 aliphatic rings. The monoisotopic (exact) mass is 228 g/mol. The van der Waals surface area contributed by atoms with Gasteiger partial charge >= 0.3 is 0 Å². The number of rotatable bonds is 8. The number of pyridine rings is 1. The van der Waals surface area contributed by atoms with E-state index in [9.17, 15) is 4.39 Å². The molecule has 5 heteroatoms. The van der Waals surface area contributed by atoms with Crippen LogP contribution in [-0.2, 0) is 11.3 Å². The Bertz CT molecular complexity index is 297. The van der Waals surface area contributed by atoms with E-state index in [0.29, 0.717) is 19.8 Å². The van der Waals surface area contributed by atoms with E-state index < -0.39 is 0 Å². The molecule has 1 aromatic rings. The van der Waals surface area contributed by atoms with Crippen molar-refractivity contribution < 1.29 is 14.2 Å². The van der Waals surface area contributed by atoms with E-state index in [1.54, 1.807) is 6.20 Å². The molecule has 0 aliphatic heterocycles. The number of aliphatic hydroxyl groups is 1. The maximum absolute atomic E-state index is 12.7. The fraction of sp³-hybridized carbons (Fsp3) is 0.545. The first-order valence-corrected chi connectivity index (χ1v) is 5.31. The number of aliphatic hydroxyl groups excluding tert-OH is 1. The van der Waals surface area contributed by atoms with Crippen LogP contribution in [0.4, 0.5) is 4.39 Å². The molecule has 0 bridgehead atoms. The Morgan fingerprint density at radius 3 is 3.00 bits per heavy atom. The first kappa shape index (κ1) is 13.0. The molecule has 1 aromatic heterocycles. The van der Waals surface area contributed by atoms with E-state index in [0.717, 1.165) is 18.5 Å². The molecule has 0 unspecified atom stereocenters. The van der Waals surface area contributed by atoms with Crippen molar-refractivity contribution in [3.05, 3.63) is 29.8 Å². The van der Waals surface area contributed by atoms with Crippen molar-refractivity contribution in [3.63, 3.8) is 0 Å². The minimum Gasteiger partial charge on any atom is -0.394 e. The SMILES string of the molecule is OCCOCCCNCc1cncc(F)c1. The summed E-state index contributed by atoms with van der Waals surface area (Å²) in [6, 6.07) is 1.46. The lowest BCUT2D eigenvalue weighted by atomic mass is 10.3. The van der Waals surface area contributed by atoms with E-state index in [2.05, 4.69) is 10.3 Å². The number of halogens is 1. The highest BCUT2D eigenvalue weighted by molar-refractivity contribution is 5.09. The highest BCUT2D eigenvalue weighted by Crippen LogP contribution is 1.99. The number of hydrogen-bond donors (Lipinski definition) is 2. The zero-order chi connectivity index (χ0) is 11.6. The third-order valence-electron chi connectivity index (χ3n) is 1.97. The lowest BCUT2D eigenvalue weighted by molar-refractivity contribution is 0.0907. The molecule has 1 rings (SSSR count). The number of nitrogens with zero attached hydrogens (tertiary/aromatic N) is 1. The van der Waals surface area contributed by atoms with Crippen LogP contribution >= 0.6 is 0 Å². The van der Waals surface area contributed by atoms with E-state index in [1.807, 2.05) is 0 Å². The van der Waals surface area contributed by atoms with Gasteiger partial charge in [0.1, 0.15) is 5.82 Å². The van der Waals surface area contributed by atoms with E-state index in [-0.39, 0.29) is 12.4 Å². The molecule has 2 N–H and O–H groups in total. The van der Waals surface area contributed by atoms with Gasteiger partial charge in [0, 0.05) is 19.3 Å². The molecule has 0 saturated carbocycles. The molecular weight excluding hydrogens is 211 g/mol. The largest absolute Gasteiger partial charge is 0.394 e. The molecule has 0 amide bonds. The summed E-state index contributed by atoms with van der Waals surface area (Å²) in [5.41, 5.74) is 0.830. The quantitative estimate of drug-likeness (QED) is 0.643. The smallest absolute Gasteiger partial charge is 0.141 e. The molecule has 4 nitrogen and oxygen atoms in total.